The number of hydrogen-bond acceptors (Lipinski definition) is 4. The molecular weight excluding hydrogens is 515 g/mol. The molecule has 7 heteroatoms. The highest BCUT2D eigenvalue weighted by Gasteiger charge is 2.53. The van der Waals surface area contributed by atoms with Gasteiger partial charge in [0.1, 0.15) is 17.5 Å². The zero-order valence-corrected chi connectivity index (χ0v) is 23.0. The van der Waals surface area contributed by atoms with Gasteiger partial charge in [-0.15, -0.1) is 0 Å². The molecule has 5 aliphatic rings. The van der Waals surface area contributed by atoms with Crippen LogP contribution < -0.4 is 0 Å². The summed E-state index contributed by atoms with van der Waals surface area (Å²) in [4.78, 5) is 28.2. The van der Waals surface area contributed by atoms with Crippen molar-refractivity contribution in [3.8, 4) is 11.8 Å². The zero-order chi connectivity index (χ0) is 28.3. The van der Waals surface area contributed by atoms with E-state index in [4.69, 9.17) is 5.10 Å². The lowest BCUT2D eigenvalue weighted by molar-refractivity contribution is -0.141. The molecule has 0 radical (unpaired) electrons. The molecule has 2 amide bonds. The van der Waals surface area contributed by atoms with Crippen LogP contribution in [0.25, 0.3) is 11.8 Å². The number of carbonyl (C=O) groups excluding carboxylic acids is 2. The largest absolute Gasteiger partial charge is 0.271 e. The Balaban J connectivity index is 1.35. The first-order chi connectivity index (χ1) is 19.8. The first kappa shape index (κ1) is 25.6. The number of nitrogens with zero attached hydrogens (tertiary/aromatic N) is 4. The van der Waals surface area contributed by atoms with Crippen molar-refractivity contribution in [1.82, 2.24) is 14.7 Å². The predicted molar refractivity (Wildman–Crippen MR) is 152 cm³/mol. The molecule has 8 rings (SSSR count). The minimum Gasteiger partial charge on any atom is -0.269 e. The van der Waals surface area contributed by atoms with Crippen LogP contribution >= 0.6 is 0 Å². The maximum atomic E-state index is 13.9. The molecular formula is C34H31FN4O2. The quantitative estimate of drug-likeness (QED) is 0.279. The molecule has 2 aromatic carbocycles. The Morgan fingerprint density at radius 1 is 0.976 bits per heavy atom. The zero-order valence-electron chi connectivity index (χ0n) is 23.0. The fraction of sp³-hybridized carbons (Fsp3) is 0.353. The van der Waals surface area contributed by atoms with Gasteiger partial charge in [-0.05, 0) is 105 Å². The number of imide groups is 1. The third-order valence-electron chi connectivity index (χ3n) is 9.68. The Labute approximate surface area is 238 Å². The van der Waals surface area contributed by atoms with Gasteiger partial charge in [-0.1, -0.05) is 30.3 Å². The first-order valence-corrected chi connectivity index (χ1v) is 14.4. The highest BCUT2D eigenvalue weighted by atomic mass is 19.1. The lowest BCUT2D eigenvalue weighted by atomic mass is 9.48. The number of halogens is 1. The molecule has 206 valence electrons. The standard InChI is InChI=1S/C34H31FN4O2/c1-21-29(32(40)38(33(41)30(21)18-36)19-22-7-9-27(35)10-8-22)14-26-20-39(28-5-3-2-4-6-28)37-31(26)34-15-23-11-24(16-34)13-25(12-23)17-34/h2-10,14,20,23-25H,11-13,15-17,19H2,1H3/b29-14+. The molecule has 41 heavy (non-hydrogen) atoms. The molecule has 4 bridgehead atoms. The molecule has 4 saturated carbocycles. The van der Waals surface area contributed by atoms with Crippen molar-refractivity contribution in [1.29, 1.82) is 5.26 Å². The number of rotatable bonds is 5. The van der Waals surface area contributed by atoms with Gasteiger partial charge in [-0.25, -0.2) is 9.07 Å². The number of aromatic nitrogens is 2. The molecule has 6 nitrogen and oxygen atoms in total. The summed E-state index contributed by atoms with van der Waals surface area (Å²) in [5.41, 5.74) is 4.05. The molecule has 0 unspecified atom stereocenters. The van der Waals surface area contributed by atoms with Gasteiger partial charge in [0.05, 0.1) is 17.9 Å². The normalized spacial score (nSPS) is 28.1. The second-order valence-electron chi connectivity index (χ2n) is 12.4. The number of hydrogen-bond donors (Lipinski definition) is 0. The average Bonchev–Trinajstić information content (AvgIpc) is 3.40. The van der Waals surface area contributed by atoms with Crippen molar-refractivity contribution >= 4 is 17.9 Å². The van der Waals surface area contributed by atoms with Crippen LogP contribution in [0.5, 0.6) is 0 Å². The third-order valence-corrected chi connectivity index (χ3v) is 9.68. The highest BCUT2D eigenvalue weighted by molar-refractivity contribution is 6.19. The Kier molecular flexibility index (Phi) is 6.04. The maximum Gasteiger partial charge on any atom is 0.271 e. The van der Waals surface area contributed by atoms with Gasteiger partial charge in [-0.2, -0.15) is 10.4 Å². The predicted octanol–water partition coefficient (Wildman–Crippen LogP) is 6.27. The molecule has 0 N–H and O–H groups in total. The molecule has 2 heterocycles. The lowest BCUT2D eigenvalue weighted by Crippen LogP contribution is -2.49. The smallest absolute Gasteiger partial charge is 0.269 e. The van der Waals surface area contributed by atoms with E-state index in [2.05, 4.69) is 0 Å². The first-order valence-electron chi connectivity index (χ1n) is 14.4. The Hall–Kier alpha value is -4.31. The van der Waals surface area contributed by atoms with Gasteiger partial charge in [0.25, 0.3) is 11.8 Å². The second-order valence-corrected chi connectivity index (χ2v) is 12.4. The van der Waals surface area contributed by atoms with Crippen molar-refractivity contribution in [2.45, 2.75) is 57.4 Å². The summed E-state index contributed by atoms with van der Waals surface area (Å²) >= 11 is 0. The number of amides is 2. The minimum absolute atomic E-state index is 0.0296. The maximum absolute atomic E-state index is 13.9. The van der Waals surface area contributed by atoms with Crippen LogP contribution in [0.1, 0.15) is 62.3 Å². The SMILES string of the molecule is CC1=C(C#N)C(=O)N(Cc2ccc(F)cc2)C(=O)/C1=C/c1cn(-c2ccccc2)nc1C12CC3CC(CC(C3)C1)C2. The number of nitriles is 1. The number of carbonyl (C=O) groups is 2. The highest BCUT2D eigenvalue weighted by Crippen LogP contribution is 2.61. The van der Waals surface area contributed by atoms with Gasteiger partial charge in [0.2, 0.25) is 0 Å². The molecule has 1 aromatic heterocycles. The van der Waals surface area contributed by atoms with Crippen molar-refractivity contribution in [3.05, 3.63) is 100 Å². The van der Waals surface area contributed by atoms with E-state index in [1.54, 1.807) is 19.1 Å². The molecule has 3 aromatic rings. The molecule has 0 spiro atoms. The van der Waals surface area contributed by atoms with E-state index >= 15 is 0 Å². The van der Waals surface area contributed by atoms with Crippen LogP contribution in [-0.2, 0) is 21.5 Å². The summed E-state index contributed by atoms with van der Waals surface area (Å²) in [5, 5.41) is 15.1. The Morgan fingerprint density at radius 3 is 2.22 bits per heavy atom. The second kappa shape index (κ2) is 9.66. The van der Waals surface area contributed by atoms with Crippen molar-refractivity contribution in [2.24, 2.45) is 17.8 Å². The molecule has 4 aliphatic carbocycles. The van der Waals surface area contributed by atoms with Crippen molar-refractivity contribution in [3.63, 3.8) is 0 Å². The summed E-state index contributed by atoms with van der Waals surface area (Å²) in [7, 11) is 0. The van der Waals surface area contributed by atoms with E-state index in [0.717, 1.165) is 58.9 Å². The molecule has 4 fully saturated rings. The van der Waals surface area contributed by atoms with Gasteiger partial charge in [0, 0.05) is 22.7 Å². The monoisotopic (exact) mass is 546 g/mol. The van der Waals surface area contributed by atoms with Gasteiger partial charge in [0.15, 0.2) is 0 Å². The summed E-state index contributed by atoms with van der Waals surface area (Å²) in [6, 6.07) is 17.7. The molecule has 1 aliphatic heterocycles. The van der Waals surface area contributed by atoms with Crippen molar-refractivity contribution in [2.75, 3.05) is 0 Å². The average molecular weight is 547 g/mol. The van der Waals surface area contributed by atoms with Gasteiger partial charge in [-0.3, -0.25) is 14.5 Å². The topological polar surface area (TPSA) is 79.0 Å². The minimum atomic E-state index is -0.627. The van der Waals surface area contributed by atoms with E-state index in [1.807, 2.05) is 53.4 Å². The van der Waals surface area contributed by atoms with Crippen LogP contribution in [-0.4, -0.2) is 26.5 Å². The van der Waals surface area contributed by atoms with Crippen LogP contribution in [0.2, 0.25) is 0 Å². The van der Waals surface area contributed by atoms with Crippen LogP contribution in [0.15, 0.2) is 77.5 Å². The third kappa shape index (κ3) is 4.33. The Bertz CT molecular complexity index is 1620. The lowest BCUT2D eigenvalue weighted by Gasteiger charge is -2.56. The number of para-hydroxylation sites is 1. The summed E-state index contributed by atoms with van der Waals surface area (Å²) in [5.74, 6) is 0.672. The van der Waals surface area contributed by atoms with Gasteiger partial charge < -0.3 is 0 Å². The molecule has 0 saturated heterocycles. The van der Waals surface area contributed by atoms with E-state index in [9.17, 15) is 19.2 Å². The summed E-state index contributed by atoms with van der Waals surface area (Å²) in [6.45, 7) is 1.63. The fourth-order valence-corrected chi connectivity index (χ4v) is 8.22. The fourth-order valence-electron chi connectivity index (χ4n) is 8.22. The molecule has 0 atom stereocenters. The number of benzene rings is 2. The van der Waals surface area contributed by atoms with Crippen LogP contribution in [0, 0.1) is 34.9 Å². The Morgan fingerprint density at radius 2 is 1.61 bits per heavy atom. The van der Waals surface area contributed by atoms with Crippen LogP contribution in [0.3, 0.4) is 0 Å². The van der Waals surface area contributed by atoms with Crippen LogP contribution in [0.4, 0.5) is 4.39 Å². The van der Waals surface area contributed by atoms with Crippen molar-refractivity contribution < 1.29 is 14.0 Å². The van der Waals surface area contributed by atoms with E-state index in [0.29, 0.717) is 16.7 Å². The van der Waals surface area contributed by atoms with E-state index in [-0.39, 0.29) is 17.5 Å². The van der Waals surface area contributed by atoms with E-state index < -0.39 is 17.6 Å². The van der Waals surface area contributed by atoms with E-state index in [1.165, 1.54) is 31.4 Å². The van der Waals surface area contributed by atoms with Gasteiger partial charge >= 0.3 is 0 Å². The summed E-state index contributed by atoms with van der Waals surface area (Å²) < 4.78 is 15.4. The summed E-state index contributed by atoms with van der Waals surface area (Å²) in [6.07, 6.45) is 11.1.